The molecule has 0 radical (unpaired) electrons. The van der Waals surface area contributed by atoms with Gasteiger partial charge in [0.15, 0.2) is 6.10 Å². The van der Waals surface area contributed by atoms with Gasteiger partial charge in [0.1, 0.15) is 6.04 Å². The summed E-state index contributed by atoms with van der Waals surface area (Å²) in [5.41, 5.74) is 0.654. The summed E-state index contributed by atoms with van der Waals surface area (Å²) >= 11 is 0. The van der Waals surface area contributed by atoms with Crippen LogP contribution in [0.2, 0.25) is 0 Å². The van der Waals surface area contributed by atoms with Crippen molar-refractivity contribution in [3.05, 3.63) is 35.9 Å². The van der Waals surface area contributed by atoms with E-state index in [1.54, 1.807) is 31.2 Å². The van der Waals surface area contributed by atoms with E-state index < -0.39 is 35.9 Å². The van der Waals surface area contributed by atoms with Crippen molar-refractivity contribution in [2.45, 2.75) is 25.5 Å². The number of carbonyl (C=O) groups excluding carboxylic acids is 3. The van der Waals surface area contributed by atoms with E-state index in [1.165, 1.54) is 21.3 Å². The first-order valence-corrected chi connectivity index (χ1v) is 7.47. The molecule has 1 aromatic carbocycles. The van der Waals surface area contributed by atoms with Gasteiger partial charge in [0.25, 0.3) is 5.91 Å². The van der Waals surface area contributed by atoms with Gasteiger partial charge in [0.05, 0.1) is 20.6 Å². The van der Waals surface area contributed by atoms with Gasteiger partial charge in [-0.25, -0.2) is 4.79 Å². The quantitative estimate of drug-likeness (QED) is 0.718. The molecule has 0 saturated heterocycles. The van der Waals surface area contributed by atoms with Crippen LogP contribution >= 0.6 is 0 Å². The number of ether oxygens (including phenoxy) is 3. The van der Waals surface area contributed by atoms with Crippen LogP contribution in [-0.4, -0.2) is 45.2 Å². The lowest BCUT2D eigenvalue weighted by atomic mass is 9.97. The lowest BCUT2D eigenvalue weighted by Crippen LogP contribution is -2.48. The lowest BCUT2D eigenvalue weighted by molar-refractivity contribution is -0.150. The molecule has 0 spiro atoms. The van der Waals surface area contributed by atoms with E-state index in [1.807, 2.05) is 6.07 Å². The van der Waals surface area contributed by atoms with Crippen LogP contribution in [0.5, 0.6) is 0 Å². The van der Waals surface area contributed by atoms with Crippen LogP contribution in [0.3, 0.4) is 0 Å². The van der Waals surface area contributed by atoms with E-state index in [-0.39, 0.29) is 6.42 Å². The Morgan fingerprint density at radius 1 is 1.04 bits per heavy atom. The van der Waals surface area contributed by atoms with Gasteiger partial charge in [-0.05, 0) is 11.5 Å². The van der Waals surface area contributed by atoms with Crippen molar-refractivity contribution in [2.75, 3.05) is 21.3 Å². The maximum absolute atomic E-state index is 12.5. The molecule has 7 nitrogen and oxygen atoms in total. The second-order valence-corrected chi connectivity index (χ2v) is 5.29. The molecule has 0 aliphatic rings. The molecule has 0 unspecified atom stereocenters. The number of methoxy groups -OCH3 is 3. The summed E-state index contributed by atoms with van der Waals surface area (Å²) in [5, 5.41) is 2.60. The van der Waals surface area contributed by atoms with Crippen LogP contribution in [0.1, 0.15) is 25.0 Å². The Labute approximate surface area is 141 Å². The minimum absolute atomic E-state index is 0.0282. The number of hydrogen-bond donors (Lipinski definition) is 1. The standard InChI is InChI=1S/C17H23NO6/c1-11(10-13(19)22-2)14(17(21)24-4)18-16(20)15(23-3)12-8-6-5-7-9-12/h5-9,11,14-15H,10H2,1-4H3,(H,18,20)/t11-,14+,15-/m1/s1. The molecule has 0 bridgehead atoms. The minimum Gasteiger partial charge on any atom is -0.469 e. The van der Waals surface area contributed by atoms with Crippen LogP contribution in [0.15, 0.2) is 30.3 Å². The van der Waals surface area contributed by atoms with Gasteiger partial charge in [-0.15, -0.1) is 0 Å². The SMILES string of the molecule is COC(=O)C[C@@H](C)[C@H](NC(=O)[C@H](OC)c1ccccc1)C(=O)OC. The predicted molar refractivity (Wildman–Crippen MR) is 85.9 cm³/mol. The molecule has 3 atom stereocenters. The van der Waals surface area contributed by atoms with Gasteiger partial charge in [-0.1, -0.05) is 37.3 Å². The van der Waals surface area contributed by atoms with Gasteiger partial charge >= 0.3 is 11.9 Å². The number of carbonyl (C=O) groups is 3. The zero-order valence-corrected chi connectivity index (χ0v) is 14.3. The van der Waals surface area contributed by atoms with Gasteiger partial charge in [0, 0.05) is 7.11 Å². The molecule has 0 aliphatic carbocycles. The number of nitrogens with one attached hydrogen (secondary N) is 1. The summed E-state index contributed by atoms with van der Waals surface area (Å²) in [6.07, 6.45) is -0.900. The van der Waals surface area contributed by atoms with Gasteiger partial charge in [0.2, 0.25) is 0 Å². The molecule has 0 aromatic heterocycles. The Bertz CT molecular complexity index is 559. The largest absolute Gasteiger partial charge is 0.469 e. The number of esters is 2. The van der Waals surface area contributed by atoms with E-state index in [0.717, 1.165) is 0 Å². The first-order chi connectivity index (χ1) is 11.4. The minimum atomic E-state index is -0.983. The summed E-state index contributed by atoms with van der Waals surface area (Å²) in [7, 11) is 3.89. The molecule has 0 saturated carbocycles. The van der Waals surface area contributed by atoms with E-state index >= 15 is 0 Å². The Morgan fingerprint density at radius 2 is 1.67 bits per heavy atom. The fourth-order valence-corrected chi connectivity index (χ4v) is 2.28. The smallest absolute Gasteiger partial charge is 0.328 e. The second kappa shape index (κ2) is 9.67. The van der Waals surface area contributed by atoms with Gasteiger partial charge in [-0.3, -0.25) is 9.59 Å². The maximum Gasteiger partial charge on any atom is 0.328 e. The van der Waals surface area contributed by atoms with Crippen molar-refractivity contribution < 1.29 is 28.6 Å². The fourth-order valence-electron chi connectivity index (χ4n) is 2.28. The summed E-state index contributed by atoms with van der Waals surface area (Å²) in [4.78, 5) is 35.9. The molecule has 0 aliphatic heterocycles. The van der Waals surface area contributed by atoms with Crippen molar-refractivity contribution in [1.29, 1.82) is 0 Å². The van der Waals surface area contributed by atoms with E-state index in [9.17, 15) is 14.4 Å². The number of benzene rings is 1. The molecule has 1 amide bonds. The number of hydrogen-bond acceptors (Lipinski definition) is 6. The third-order valence-electron chi connectivity index (χ3n) is 3.61. The maximum atomic E-state index is 12.5. The summed E-state index contributed by atoms with van der Waals surface area (Å²) in [6, 6.07) is 7.91. The van der Waals surface area contributed by atoms with Crippen molar-refractivity contribution in [1.82, 2.24) is 5.32 Å². The van der Waals surface area contributed by atoms with Crippen molar-refractivity contribution in [3.8, 4) is 0 Å². The third-order valence-corrected chi connectivity index (χ3v) is 3.61. The van der Waals surface area contributed by atoms with Crippen molar-refractivity contribution in [3.63, 3.8) is 0 Å². The number of rotatable bonds is 8. The van der Waals surface area contributed by atoms with Gasteiger partial charge in [-0.2, -0.15) is 0 Å². The summed E-state index contributed by atoms with van der Waals surface area (Å²) in [6.45, 7) is 1.66. The first-order valence-electron chi connectivity index (χ1n) is 7.47. The first kappa shape index (κ1) is 19.6. The summed E-state index contributed by atoms with van der Waals surface area (Å²) < 4.78 is 14.6. The Kier molecular flexibility index (Phi) is 7.91. The highest BCUT2D eigenvalue weighted by molar-refractivity contribution is 5.88. The Balaban J connectivity index is 2.90. The lowest BCUT2D eigenvalue weighted by Gasteiger charge is -2.24. The second-order valence-electron chi connectivity index (χ2n) is 5.29. The molecule has 1 aromatic rings. The highest BCUT2D eigenvalue weighted by atomic mass is 16.5. The predicted octanol–water partition coefficient (Wildman–Crippen LogP) is 1.23. The molecular formula is C17H23NO6. The topological polar surface area (TPSA) is 90.9 Å². The fraction of sp³-hybridized carbons (Fsp3) is 0.471. The average Bonchev–Trinajstić information content (AvgIpc) is 2.60. The molecule has 24 heavy (non-hydrogen) atoms. The van der Waals surface area contributed by atoms with Crippen LogP contribution in [0, 0.1) is 5.92 Å². The highest BCUT2D eigenvalue weighted by Crippen LogP contribution is 2.18. The van der Waals surface area contributed by atoms with Crippen LogP contribution in [0.4, 0.5) is 0 Å². The van der Waals surface area contributed by atoms with Crippen molar-refractivity contribution >= 4 is 17.8 Å². The van der Waals surface area contributed by atoms with E-state index in [4.69, 9.17) is 9.47 Å². The van der Waals surface area contributed by atoms with Crippen LogP contribution in [-0.2, 0) is 28.6 Å². The molecule has 0 heterocycles. The molecule has 1 N–H and O–H groups in total. The number of amides is 1. The van der Waals surface area contributed by atoms with Gasteiger partial charge < -0.3 is 19.5 Å². The molecule has 1 rings (SSSR count). The zero-order chi connectivity index (χ0) is 18.1. The molecule has 0 fully saturated rings. The molecule has 7 heteroatoms. The Hall–Kier alpha value is -2.41. The average molecular weight is 337 g/mol. The van der Waals surface area contributed by atoms with Crippen molar-refractivity contribution in [2.24, 2.45) is 5.92 Å². The normalized spacial score (nSPS) is 14.2. The third kappa shape index (κ3) is 5.34. The summed E-state index contributed by atoms with van der Waals surface area (Å²) in [5.74, 6) is -2.10. The van der Waals surface area contributed by atoms with Crippen LogP contribution < -0.4 is 5.32 Å². The Morgan fingerprint density at radius 3 is 2.17 bits per heavy atom. The molecule has 132 valence electrons. The monoisotopic (exact) mass is 337 g/mol. The molecular weight excluding hydrogens is 314 g/mol. The highest BCUT2D eigenvalue weighted by Gasteiger charge is 2.32. The van der Waals surface area contributed by atoms with E-state index in [2.05, 4.69) is 10.1 Å². The van der Waals surface area contributed by atoms with Crippen LogP contribution in [0.25, 0.3) is 0 Å². The zero-order valence-electron chi connectivity index (χ0n) is 14.3. The van der Waals surface area contributed by atoms with E-state index in [0.29, 0.717) is 5.56 Å².